The van der Waals surface area contributed by atoms with Crippen LogP contribution in [0.4, 0.5) is 0 Å². The van der Waals surface area contributed by atoms with Gasteiger partial charge in [0.15, 0.2) is 0 Å². The molecule has 0 saturated carbocycles. The maximum absolute atomic E-state index is 12.1. The van der Waals surface area contributed by atoms with Gasteiger partial charge in [0, 0.05) is 13.0 Å². The SMILES string of the molecule is CC(NC(=O)CCNC(=O)Cc1ccccc1)c1nc2ccccc2[nH]1. The fraction of sp³-hybridized carbons (Fsp3) is 0.250. The van der Waals surface area contributed by atoms with E-state index in [4.69, 9.17) is 0 Å². The molecule has 1 unspecified atom stereocenters. The highest BCUT2D eigenvalue weighted by molar-refractivity contribution is 5.80. The van der Waals surface area contributed by atoms with E-state index in [1.54, 1.807) is 0 Å². The molecule has 1 heterocycles. The summed E-state index contributed by atoms with van der Waals surface area (Å²) in [7, 11) is 0. The summed E-state index contributed by atoms with van der Waals surface area (Å²) in [5, 5.41) is 5.67. The van der Waals surface area contributed by atoms with Crippen molar-refractivity contribution >= 4 is 22.8 Å². The van der Waals surface area contributed by atoms with Crippen LogP contribution in [0.25, 0.3) is 11.0 Å². The minimum absolute atomic E-state index is 0.0886. The normalized spacial score (nSPS) is 11.9. The lowest BCUT2D eigenvalue weighted by Gasteiger charge is -2.11. The summed E-state index contributed by atoms with van der Waals surface area (Å²) in [5.74, 6) is 0.500. The molecule has 2 amide bonds. The number of hydrogen-bond acceptors (Lipinski definition) is 3. The third-order valence-electron chi connectivity index (χ3n) is 4.08. The lowest BCUT2D eigenvalue weighted by Crippen LogP contribution is -2.33. The van der Waals surface area contributed by atoms with E-state index in [1.807, 2.05) is 61.5 Å². The summed E-state index contributed by atoms with van der Waals surface area (Å²) in [5.41, 5.74) is 2.77. The Labute approximate surface area is 152 Å². The fourth-order valence-electron chi connectivity index (χ4n) is 2.72. The first-order valence-electron chi connectivity index (χ1n) is 8.66. The highest BCUT2D eigenvalue weighted by atomic mass is 16.2. The Bertz CT molecular complexity index is 856. The van der Waals surface area contributed by atoms with E-state index in [2.05, 4.69) is 20.6 Å². The fourth-order valence-corrected chi connectivity index (χ4v) is 2.72. The molecule has 0 radical (unpaired) electrons. The average Bonchev–Trinajstić information content (AvgIpc) is 3.07. The van der Waals surface area contributed by atoms with Crippen LogP contribution in [0, 0.1) is 0 Å². The zero-order valence-electron chi connectivity index (χ0n) is 14.7. The summed E-state index contributed by atoms with van der Waals surface area (Å²) in [6.45, 7) is 2.19. The van der Waals surface area contributed by atoms with Gasteiger partial charge in [-0.3, -0.25) is 9.59 Å². The van der Waals surface area contributed by atoms with E-state index < -0.39 is 0 Å². The summed E-state index contributed by atoms with van der Waals surface area (Å²) in [4.78, 5) is 31.6. The first-order chi connectivity index (χ1) is 12.6. The number of carbonyl (C=O) groups excluding carboxylic acids is 2. The second-order valence-corrected chi connectivity index (χ2v) is 6.19. The Balaban J connectivity index is 1.42. The highest BCUT2D eigenvalue weighted by Gasteiger charge is 2.13. The van der Waals surface area contributed by atoms with Gasteiger partial charge in [0.2, 0.25) is 11.8 Å². The Morgan fingerprint density at radius 1 is 1.04 bits per heavy atom. The number of amides is 2. The molecule has 0 aliphatic carbocycles. The molecule has 0 bridgehead atoms. The van der Waals surface area contributed by atoms with Crippen molar-refractivity contribution in [3.8, 4) is 0 Å². The number of aromatic amines is 1. The Morgan fingerprint density at radius 2 is 1.77 bits per heavy atom. The quantitative estimate of drug-likeness (QED) is 0.612. The van der Waals surface area contributed by atoms with Crippen molar-refractivity contribution in [2.75, 3.05) is 6.54 Å². The number of carbonyl (C=O) groups is 2. The van der Waals surface area contributed by atoms with Crippen molar-refractivity contribution in [1.82, 2.24) is 20.6 Å². The second kappa shape index (κ2) is 8.29. The van der Waals surface area contributed by atoms with Crippen LogP contribution in [0.3, 0.4) is 0 Å². The molecule has 0 aliphatic heterocycles. The van der Waals surface area contributed by atoms with E-state index in [1.165, 1.54) is 0 Å². The molecule has 1 atom stereocenters. The maximum Gasteiger partial charge on any atom is 0.224 e. The number of rotatable bonds is 7. The number of nitrogens with one attached hydrogen (secondary N) is 3. The highest BCUT2D eigenvalue weighted by Crippen LogP contribution is 2.15. The summed E-state index contributed by atoms with van der Waals surface area (Å²) >= 11 is 0. The smallest absolute Gasteiger partial charge is 0.224 e. The Hall–Kier alpha value is -3.15. The molecule has 0 aliphatic rings. The van der Waals surface area contributed by atoms with Crippen molar-refractivity contribution in [2.24, 2.45) is 0 Å². The van der Waals surface area contributed by atoms with E-state index >= 15 is 0 Å². The van der Waals surface area contributed by atoms with Crippen LogP contribution in [0.5, 0.6) is 0 Å². The lowest BCUT2D eigenvalue weighted by atomic mass is 10.1. The summed E-state index contributed by atoms with van der Waals surface area (Å²) < 4.78 is 0. The molecule has 134 valence electrons. The third kappa shape index (κ3) is 4.69. The van der Waals surface area contributed by atoms with Crippen LogP contribution in [-0.2, 0) is 16.0 Å². The van der Waals surface area contributed by atoms with Gasteiger partial charge in [-0.15, -0.1) is 0 Å². The molecular formula is C20H22N4O2. The van der Waals surface area contributed by atoms with Crippen LogP contribution in [-0.4, -0.2) is 28.3 Å². The zero-order chi connectivity index (χ0) is 18.4. The third-order valence-corrected chi connectivity index (χ3v) is 4.08. The molecule has 3 N–H and O–H groups in total. The first-order valence-corrected chi connectivity index (χ1v) is 8.66. The molecular weight excluding hydrogens is 328 g/mol. The van der Waals surface area contributed by atoms with E-state index in [0.717, 1.165) is 16.6 Å². The summed E-state index contributed by atoms with van der Waals surface area (Å²) in [6.07, 6.45) is 0.545. The van der Waals surface area contributed by atoms with Crippen LogP contribution >= 0.6 is 0 Å². The van der Waals surface area contributed by atoms with Gasteiger partial charge in [-0.25, -0.2) is 4.98 Å². The van der Waals surface area contributed by atoms with Crippen LogP contribution < -0.4 is 10.6 Å². The number of H-pyrrole nitrogens is 1. The van der Waals surface area contributed by atoms with Crippen molar-refractivity contribution in [2.45, 2.75) is 25.8 Å². The Kier molecular flexibility index (Phi) is 5.63. The number of imidazole rings is 1. The van der Waals surface area contributed by atoms with Crippen molar-refractivity contribution in [3.05, 3.63) is 66.0 Å². The molecule has 3 aromatic rings. The number of benzene rings is 2. The number of para-hydroxylation sites is 2. The number of aromatic nitrogens is 2. The molecule has 26 heavy (non-hydrogen) atoms. The largest absolute Gasteiger partial charge is 0.355 e. The predicted molar refractivity (Wildman–Crippen MR) is 100 cm³/mol. The molecule has 0 fully saturated rings. The lowest BCUT2D eigenvalue weighted by molar-refractivity contribution is -0.122. The molecule has 6 nitrogen and oxygen atoms in total. The monoisotopic (exact) mass is 350 g/mol. The second-order valence-electron chi connectivity index (χ2n) is 6.19. The molecule has 3 rings (SSSR count). The van der Waals surface area contributed by atoms with Crippen LogP contribution in [0.1, 0.15) is 30.8 Å². The van der Waals surface area contributed by atoms with Crippen molar-refractivity contribution in [3.63, 3.8) is 0 Å². The van der Waals surface area contributed by atoms with Gasteiger partial charge in [0.05, 0.1) is 23.5 Å². The number of fused-ring (bicyclic) bond motifs is 1. The first kappa shape index (κ1) is 17.7. The van der Waals surface area contributed by atoms with Crippen LogP contribution in [0.15, 0.2) is 54.6 Å². The van der Waals surface area contributed by atoms with Gasteiger partial charge in [-0.2, -0.15) is 0 Å². The van der Waals surface area contributed by atoms with E-state index in [-0.39, 0.29) is 24.3 Å². The van der Waals surface area contributed by atoms with Gasteiger partial charge >= 0.3 is 0 Å². The number of hydrogen-bond donors (Lipinski definition) is 3. The minimum atomic E-state index is -0.227. The Morgan fingerprint density at radius 3 is 2.54 bits per heavy atom. The summed E-state index contributed by atoms with van der Waals surface area (Å²) in [6, 6.07) is 17.0. The zero-order valence-corrected chi connectivity index (χ0v) is 14.7. The number of nitrogens with zero attached hydrogens (tertiary/aromatic N) is 1. The van der Waals surface area contributed by atoms with Crippen molar-refractivity contribution in [1.29, 1.82) is 0 Å². The predicted octanol–water partition coefficient (Wildman–Crippen LogP) is 2.49. The maximum atomic E-state index is 12.1. The van der Waals surface area contributed by atoms with Gasteiger partial charge in [-0.1, -0.05) is 42.5 Å². The standard InChI is InChI=1S/C20H22N4O2/c1-14(20-23-16-9-5-6-10-17(16)24-20)22-18(25)11-12-21-19(26)13-15-7-3-2-4-8-15/h2-10,14H,11-13H2,1H3,(H,21,26)(H,22,25)(H,23,24). The molecule has 2 aromatic carbocycles. The molecule has 0 saturated heterocycles. The van der Waals surface area contributed by atoms with Gasteiger partial charge in [0.1, 0.15) is 5.82 Å². The van der Waals surface area contributed by atoms with Gasteiger partial charge in [-0.05, 0) is 24.6 Å². The van der Waals surface area contributed by atoms with Gasteiger partial charge in [0.25, 0.3) is 0 Å². The average molecular weight is 350 g/mol. The topological polar surface area (TPSA) is 86.9 Å². The van der Waals surface area contributed by atoms with Gasteiger partial charge < -0.3 is 15.6 Å². The minimum Gasteiger partial charge on any atom is -0.355 e. The molecule has 0 spiro atoms. The molecule has 6 heteroatoms. The van der Waals surface area contributed by atoms with E-state index in [0.29, 0.717) is 18.8 Å². The van der Waals surface area contributed by atoms with Crippen LogP contribution in [0.2, 0.25) is 0 Å². The van der Waals surface area contributed by atoms with Crippen molar-refractivity contribution < 1.29 is 9.59 Å². The molecule has 1 aromatic heterocycles. The van der Waals surface area contributed by atoms with E-state index in [9.17, 15) is 9.59 Å².